The third kappa shape index (κ3) is 3.72. The Labute approximate surface area is 167 Å². The van der Waals surface area contributed by atoms with E-state index in [9.17, 15) is 23.9 Å². The summed E-state index contributed by atoms with van der Waals surface area (Å²) in [4.78, 5) is 38.6. The van der Waals surface area contributed by atoms with Crippen LogP contribution in [0.2, 0.25) is 0 Å². The number of rotatable bonds is 4. The maximum Gasteiger partial charge on any atom is 0.326 e. The average Bonchev–Trinajstić information content (AvgIpc) is 3.29. The van der Waals surface area contributed by atoms with Crippen molar-refractivity contribution in [3.63, 3.8) is 0 Å². The van der Waals surface area contributed by atoms with E-state index < -0.39 is 23.7 Å². The molecule has 2 amide bonds. The van der Waals surface area contributed by atoms with Crippen molar-refractivity contribution in [1.82, 2.24) is 4.90 Å². The molecule has 29 heavy (non-hydrogen) atoms. The fourth-order valence-electron chi connectivity index (χ4n) is 4.53. The summed E-state index contributed by atoms with van der Waals surface area (Å²) in [6, 6.07) is 10.8. The molecule has 7 heteroatoms. The van der Waals surface area contributed by atoms with Crippen LogP contribution in [0, 0.1) is 17.7 Å². The molecule has 150 valence electrons. The number of carbonyl (C=O) groups excluding carboxylic acids is 2. The second kappa shape index (κ2) is 7.66. The molecule has 2 aromatic rings. The van der Waals surface area contributed by atoms with Crippen LogP contribution < -0.4 is 5.32 Å². The van der Waals surface area contributed by atoms with E-state index >= 15 is 0 Å². The van der Waals surface area contributed by atoms with Crippen LogP contribution in [0.4, 0.5) is 10.1 Å². The molecule has 1 aliphatic heterocycles. The van der Waals surface area contributed by atoms with Gasteiger partial charge in [0.15, 0.2) is 0 Å². The van der Waals surface area contributed by atoms with Crippen molar-refractivity contribution in [2.75, 3.05) is 11.9 Å². The first-order valence-electron chi connectivity index (χ1n) is 9.65. The van der Waals surface area contributed by atoms with E-state index in [4.69, 9.17) is 0 Å². The van der Waals surface area contributed by atoms with Crippen molar-refractivity contribution >= 4 is 23.5 Å². The first kappa shape index (κ1) is 19.1. The number of amides is 2. The van der Waals surface area contributed by atoms with Gasteiger partial charge in [-0.1, -0.05) is 12.5 Å². The third-order valence-electron chi connectivity index (χ3n) is 5.88. The molecule has 1 aliphatic carbocycles. The smallest absolute Gasteiger partial charge is 0.326 e. The van der Waals surface area contributed by atoms with Crippen molar-refractivity contribution in [1.29, 1.82) is 0 Å². The topological polar surface area (TPSA) is 86.7 Å². The van der Waals surface area contributed by atoms with Crippen LogP contribution in [-0.2, 0) is 4.79 Å². The van der Waals surface area contributed by atoms with Gasteiger partial charge in [0.05, 0.1) is 0 Å². The zero-order valence-corrected chi connectivity index (χ0v) is 15.7. The Hall–Kier alpha value is -3.22. The molecule has 4 rings (SSSR count). The van der Waals surface area contributed by atoms with E-state index in [-0.39, 0.29) is 17.7 Å². The van der Waals surface area contributed by atoms with Crippen LogP contribution in [0.25, 0.3) is 0 Å². The highest BCUT2D eigenvalue weighted by Crippen LogP contribution is 2.42. The number of hydrogen-bond donors (Lipinski definition) is 2. The van der Waals surface area contributed by atoms with Gasteiger partial charge >= 0.3 is 5.97 Å². The molecular weight excluding hydrogens is 375 g/mol. The van der Waals surface area contributed by atoms with Gasteiger partial charge in [-0.25, -0.2) is 9.18 Å². The summed E-state index contributed by atoms with van der Waals surface area (Å²) in [6.45, 7) is 0.451. The minimum absolute atomic E-state index is 0.0119. The lowest BCUT2D eigenvalue weighted by Gasteiger charge is -2.24. The summed E-state index contributed by atoms with van der Waals surface area (Å²) in [5.74, 6) is -1.91. The summed E-state index contributed by atoms with van der Waals surface area (Å²) in [5, 5.41) is 12.4. The Morgan fingerprint density at radius 2 is 1.79 bits per heavy atom. The maximum atomic E-state index is 13.0. The molecule has 1 heterocycles. The SMILES string of the molecule is O=C(Nc1cccc(C(=O)N2CC3CCCC3C2C(=O)O)c1)c1ccc(F)cc1. The van der Waals surface area contributed by atoms with Gasteiger partial charge in [0, 0.05) is 23.4 Å². The standard InChI is InChI=1S/C22H21FN2O4/c23-16-9-7-13(8-10-16)20(26)24-17-5-1-3-14(11-17)21(27)25-12-15-4-2-6-18(15)19(25)22(28)29/h1,3,5,7-11,15,18-19H,2,4,6,12H2,(H,24,26)(H,28,29). The monoisotopic (exact) mass is 396 g/mol. The fraction of sp³-hybridized carbons (Fsp3) is 0.318. The molecule has 0 aromatic heterocycles. The number of nitrogens with zero attached hydrogens (tertiary/aromatic N) is 1. The number of carboxylic acids is 1. The number of hydrogen-bond acceptors (Lipinski definition) is 3. The van der Waals surface area contributed by atoms with Gasteiger partial charge in [0.1, 0.15) is 11.9 Å². The van der Waals surface area contributed by atoms with Crippen LogP contribution in [0.5, 0.6) is 0 Å². The predicted octanol–water partition coefficient (Wildman–Crippen LogP) is 3.40. The Balaban J connectivity index is 1.52. The minimum Gasteiger partial charge on any atom is -0.480 e. The number of anilines is 1. The van der Waals surface area contributed by atoms with Gasteiger partial charge in [0.2, 0.25) is 0 Å². The first-order chi connectivity index (χ1) is 13.9. The zero-order valence-electron chi connectivity index (χ0n) is 15.7. The highest BCUT2D eigenvalue weighted by Gasteiger charge is 2.49. The van der Waals surface area contributed by atoms with E-state index in [1.54, 1.807) is 18.2 Å². The summed E-state index contributed by atoms with van der Waals surface area (Å²) < 4.78 is 13.0. The van der Waals surface area contributed by atoms with Crippen molar-refractivity contribution < 1.29 is 23.9 Å². The number of carboxylic acid groups (broad SMARTS) is 1. The highest BCUT2D eigenvalue weighted by atomic mass is 19.1. The van der Waals surface area contributed by atoms with E-state index in [1.807, 2.05) is 0 Å². The molecule has 3 unspecified atom stereocenters. The van der Waals surface area contributed by atoms with Crippen LogP contribution in [-0.4, -0.2) is 40.4 Å². The molecule has 1 saturated heterocycles. The predicted molar refractivity (Wildman–Crippen MR) is 104 cm³/mol. The third-order valence-corrected chi connectivity index (χ3v) is 5.88. The summed E-state index contributed by atoms with van der Waals surface area (Å²) in [5.41, 5.74) is 1.03. The van der Waals surface area contributed by atoms with Crippen LogP contribution in [0.1, 0.15) is 40.0 Å². The molecule has 3 atom stereocenters. The van der Waals surface area contributed by atoms with Gasteiger partial charge in [-0.15, -0.1) is 0 Å². The van der Waals surface area contributed by atoms with Crippen molar-refractivity contribution in [2.45, 2.75) is 25.3 Å². The maximum absolute atomic E-state index is 13.0. The molecular formula is C22H21FN2O4. The average molecular weight is 396 g/mol. The number of benzene rings is 2. The Morgan fingerprint density at radius 1 is 1.03 bits per heavy atom. The lowest BCUT2D eigenvalue weighted by atomic mass is 9.94. The van der Waals surface area contributed by atoms with Crippen LogP contribution in [0.15, 0.2) is 48.5 Å². The van der Waals surface area contributed by atoms with Gasteiger partial charge in [-0.2, -0.15) is 0 Å². The van der Waals surface area contributed by atoms with Gasteiger partial charge in [0.25, 0.3) is 11.8 Å². The van der Waals surface area contributed by atoms with E-state index in [2.05, 4.69) is 5.32 Å². The van der Waals surface area contributed by atoms with Gasteiger partial charge in [-0.05, 0) is 67.1 Å². The van der Waals surface area contributed by atoms with E-state index in [0.717, 1.165) is 19.3 Å². The van der Waals surface area contributed by atoms with E-state index in [0.29, 0.717) is 23.4 Å². The number of aliphatic carboxylic acids is 1. The lowest BCUT2D eigenvalue weighted by Crippen LogP contribution is -2.43. The normalized spacial score (nSPS) is 22.9. The Bertz CT molecular complexity index is 960. The van der Waals surface area contributed by atoms with E-state index in [1.165, 1.54) is 35.2 Å². The Morgan fingerprint density at radius 3 is 2.52 bits per heavy atom. The summed E-state index contributed by atoms with van der Waals surface area (Å²) in [7, 11) is 0. The molecule has 1 saturated carbocycles. The molecule has 2 aromatic carbocycles. The quantitative estimate of drug-likeness (QED) is 0.829. The van der Waals surface area contributed by atoms with Crippen LogP contribution >= 0.6 is 0 Å². The van der Waals surface area contributed by atoms with Crippen molar-refractivity contribution in [3.05, 3.63) is 65.5 Å². The molecule has 2 aliphatic rings. The minimum atomic E-state index is -0.964. The number of likely N-dealkylation sites (tertiary alicyclic amines) is 1. The molecule has 0 bridgehead atoms. The summed E-state index contributed by atoms with van der Waals surface area (Å²) >= 11 is 0. The largest absolute Gasteiger partial charge is 0.480 e. The molecule has 2 fully saturated rings. The number of nitrogens with one attached hydrogen (secondary N) is 1. The highest BCUT2D eigenvalue weighted by molar-refractivity contribution is 6.05. The molecule has 0 spiro atoms. The van der Waals surface area contributed by atoms with Gasteiger partial charge in [-0.3, -0.25) is 9.59 Å². The lowest BCUT2D eigenvalue weighted by molar-refractivity contribution is -0.142. The second-order valence-electron chi connectivity index (χ2n) is 7.64. The fourth-order valence-corrected chi connectivity index (χ4v) is 4.53. The molecule has 0 radical (unpaired) electrons. The number of fused-ring (bicyclic) bond motifs is 1. The van der Waals surface area contributed by atoms with Gasteiger partial charge < -0.3 is 15.3 Å². The molecule has 6 nitrogen and oxygen atoms in total. The number of halogens is 1. The second-order valence-corrected chi connectivity index (χ2v) is 7.64. The van der Waals surface area contributed by atoms with Crippen LogP contribution in [0.3, 0.4) is 0 Å². The number of carbonyl (C=O) groups is 3. The zero-order chi connectivity index (χ0) is 20.5. The van der Waals surface area contributed by atoms with Crippen molar-refractivity contribution in [2.24, 2.45) is 11.8 Å². The Kier molecular flexibility index (Phi) is 5.05. The molecule has 2 N–H and O–H groups in total. The van der Waals surface area contributed by atoms with Crippen molar-refractivity contribution in [3.8, 4) is 0 Å². The summed E-state index contributed by atoms with van der Waals surface area (Å²) in [6.07, 6.45) is 2.79. The first-order valence-corrected chi connectivity index (χ1v) is 9.65.